The number of carboxylic acids is 1. The molecule has 0 aliphatic rings. The van der Waals surface area contributed by atoms with Crippen molar-refractivity contribution in [2.75, 3.05) is 7.11 Å². The summed E-state index contributed by atoms with van der Waals surface area (Å²) in [5.74, 6) is -2.30. The number of benzene rings is 2. The average molecular weight is 392 g/mol. The zero-order chi connectivity index (χ0) is 21.2. The fraction of sp³-hybridized carbons (Fsp3) is 0.304. The monoisotopic (exact) mass is 392 g/mol. The van der Waals surface area contributed by atoms with Gasteiger partial charge in [0.25, 0.3) is 0 Å². The van der Waals surface area contributed by atoms with E-state index in [1.807, 2.05) is 49.4 Å². The van der Waals surface area contributed by atoms with Gasteiger partial charge in [-0.1, -0.05) is 61.0 Å². The van der Waals surface area contributed by atoms with Crippen LogP contribution >= 0.6 is 0 Å². The quantitative estimate of drug-likeness (QED) is 0.482. The number of oxime groups is 1. The molecule has 0 aromatic heterocycles. The molecular weight excluding hydrogens is 368 g/mol. The Labute approximate surface area is 170 Å². The average Bonchev–Trinajstić information content (AvgIpc) is 2.74. The van der Waals surface area contributed by atoms with Crippen molar-refractivity contribution in [2.24, 2.45) is 11.1 Å². The highest BCUT2D eigenvalue weighted by Gasteiger charge is 2.30. The van der Waals surface area contributed by atoms with E-state index in [9.17, 15) is 20.0 Å². The minimum absolute atomic E-state index is 0.163. The summed E-state index contributed by atoms with van der Waals surface area (Å²) in [6.07, 6.45) is 2.05. The van der Waals surface area contributed by atoms with Gasteiger partial charge in [-0.05, 0) is 35.6 Å². The van der Waals surface area contributed by atoms with Gasteiger partial charge in [-0.3, -0.25) is 4.79 Å². The molecule has 0 fully saturated rings. The number of ketones is 1. The molecule has 6 nitrogen and oxygen atoms in total. The molecule has 0 aliphatic heterocycles. The number of Topliss-reactive ketones (excluding diaryl/α,β-unsaturated/α-hetero) is 1. The summed E-state index contributed by atoms with van der Waals surface area (Å²) in [5.41, 5.74) is 2.80. The summed E-state index contributed by atoms with van der Waals surface area (Å²) in [4.78, 5) is 28.9. The third-order valence-corrected chi connectivity index (χ3v) is 4.66. The van der Waals surface area contributed by atoms with Crippen LogP contribution in [0.5, 0.6) is 0 Å². The van der Waals surface area contributed by atoms with Crippen LogP contribution in [0.4, 0.5) is 0 Å². The van der Waals surface area contributed by atoms with Gasteiger partial charge in [-0.25, -0.2) is 4.79 Å². The Morgan fingerprint density at radius 3 is 2.45 bits per heavy atom. The molecule has 0 saturated carbocycles. The van der Waals surface area contributed by atoms with Crippen LogP contribution < -0.4 is 0 Å². The van der Waals surface area contributed by atoms with E-state index in [1.54, 1.807) is 6.07 Å². The van der Waals surface area contributed by atoms with E-state index in [0.29, 0.717) is 18.4 Å². The normalized spacial score (nSPS) is 12.1. The van der Waals surface area contributed by atoms with Gasteiger partial charge in [0.2, 0.25) is 0 Å². The molecule has 1 unspecified atom stereocenters. The second kappa shape index (κ2) is 10.8. The SMILES string of the molecule is CCCCC(=O)C(Cc1ccc(-c2ccccc2C#N)cc1)/C(=N/OC)C(=O)O. The van der Waals surface area contributed by atoms with Crippen molar-refractivity contribution in [1.82, 2.24) is 0 Å². The van der Waals surface area contributed by atoms with Gasteiger partial charge in [0.05, 0.1) is 17.6 Å². The van der Waals surface area contributed by atoms with Crippen LogP contribution in [0.3, 0.4) is 0 Å². The minimum atomic E-state index is -1.26. The lowest BCUT2D eigenvalue weighted by Crippen LogP contribution is -2.32. The number of hydrogen-bond acceptors (Lipinski definition) is 5. The second-order valence-electron chi connectivity index (χ2n) is 6.65. The van der Waals surface area contributed by atoms with Gasteiger partial charge in [-0.15, -0.1) is 0 Å². The van der Waals surface area contributed by atoms with Crippen LogP contribution in [-0.2, 0) is 20.8 Å². The fourth-order valence-electron chi connectivity index (χ4n) is 3.13. The molecule has 2 rings (SSSR count). The predicted octanol–water partition coefficient (Wildman–Crippen LogP) is 4.23. The van der Waals surface area contributed by atoms with E-state index in [0.717, 1.165) is 23.1 Å². The number of aliphatic carboxylic acids is 1. The van der Waals surface area contributed by atoms with Gasteiger partial charge >= 0.3 is 5.97 Å². The highest BCUT2D eigenvalue weighted by atomic mass is 16.6. The maximum absolute atomic E-state index is 12.7. The first kappa shape index (κ1) is 21.8. The van der Waals surface area contributed by atoms with Crippen LogP contribution in [0.2, 0.25) is 0 Å². The summed E-state index contributed by atoms with van der Waals surface area (Å²) in [6, 6.07) is 16.9. The molecular formula is C23H24N2O4. The first-order valence-electron chi connectivity index (χ1n) is 9.47. The number of rotatable bonds is 10. The standard InChI is InChI=1S/C23H24N2O4/c1-3-4-9-21(26)20(22(23(27)28)25-29-2)14-16-10-12-17(13-11-16)19-8-6-5-7-18(19)15-24/h5-8,10-13,20H,3-4,9,14H2,1-2H3,(H,27,28)/b25-22-. The lowest BCUT2D eigenvalue weighted by molar-refractivity contribution is -0.131. The number of nitriles is 1. The van der Waals surface area contributed by atoms with Crippen molar-refractivity contribution < 1.29 is 19.5 Å². The number of carbonyl (C=O) groups excluding carboxylic acids is 1. The Morgan fingerprint density at radius 2 is 1.86 bits per heavy atom. The van der Waals surface area contributed by atoms with Crippen LogP contribution in [0, 0.1) is 17.2 Å². The largest absolute Gasteiger partial charge is 0.477 e. The zero-order valence-electron chi connectivity index (χ0n) is 16.6. The van der Waals surface area contributed by atoms with E-state index < -0.39 is 11.9 Å². The van der Waals surface area contributed by atoms with Crippen molar-refractivity contribution in [3.05, 3.63) is 59.7 Å². The molecule has 1 N–H and O–H groups in total. The molecule has 0 heterocycles. The Kier molecular flexibility index (Phi) is 8.11. The van der Waals surface area contributed by atoms with Crippen molar-refractivity contribution in [2.45, 2.75) is 32.6 Å². The van der Waals surface area contributed by atoms with Crippen LogP contribution in [0.25, 0.3) is 11.1 Å². The van der Waals surface area contributed by atoms with Crippen molar-refractivity contribution >= 4 is 17.5 Å². The first-order valence-corrected chi connectivity index (χ1v) is 9.47. The van der Waals surface area contributed by atoms with Crippen LogP contribution in [0.1, 0.15) is 37.3 Å². The lowest BCUT2D eigenvalue weighted by Gasteiger charge is -2.16. The van der Waals surface area contributed by atoms with Crippen molar-refractivity contribution in [3.8, 4) is 17.2 Å². The summed E-state index contributed by atoms with van der Waals surface area (Å²) in [6.45, 7) is 1.97. The predicted molar refractivity (Wildman–Crippen MR) is 110 cm³/mol. The second-order valence-corrected chi connectivity index (χ2v) is 6.65. The van der Waals surface area contributed by atoms with Gasteiger partial charge in [0, 0.05) is 6.42 Å². The summed E-state index contributed by atoms with van der Waals surface area (Å²) < 4.78 is 0. The third-order valence-electron chi connectivity index (χ3n) is 4.66. The third kappa shape index (κ3) is 5.76. The van der Waals surface area contributed by atoms with E-state index >= 15 is 0 Å². The molecule has 150 valence electrons. The molecule has 2 aromatic carbocycles. The smallest absolute Gasteiger partial charge is 0.354 e. The molecule has 0 bridgehead atoms. The van der Waals surface area contributed by atoms with Gasteiger partial charge in [0.1, 0.15) is 12.9 Å². The molecule has 6 heteroatoms. The summed E-state index contributed by atoms with van der Waals surface area (Å²) in [5, 5.41) is 22.4. The number of hydrogen-bond donors (Lipinski definition) is 1. The number of carbonyl (C=O) groups is 2. The number of nitrogens with zero attached hydrogens (tertiary/aromatic N) is 2. The zero-order valence-corrected chi connectivity index (χ0v) is 16.6. The van der Waals surface area contributed by atoms with Crippen LogP contribution in [-0.4, -0.2) is 29.7 Å². The maximum Gasteiger partial charge on any atom is 0.354 e. The van der Waals surface area contributed by atoms with E-state index in [4.69, 9.17) is 0 Å². The minimum Gasteiger partial charge on any atom is -0.477 e. The molecule has 0 amide bonds. The molecule has 0 spiro atoms. The molecule has 29 heavy (non-hydrogen) atoms. The number of unbranched alkanes of at least 4 members (excludes halogenated alkanes) is 1. The van der Waals surface area contributed by atoms with Crippen molar-refractivity contribution in [1.29, 1.82) is 5.26 Å². The van der Waals surface area contributed by atoms with Crippen molar-refractivity contribution in [3.63, 3.8) is 0 Å². The fourth-order valence-corrected chi connectivity index (χ4v) is 3.13. The molecule has 0 saturated heterocycles. The van der Waals surface area contributed by atoms with Gasteiger partial charge in [-0.2, -0.15) is 5.26 Å². The highest BCUT2D eigenvalue weighted by molar-refractivity contribution is 6.40. The van der Waals surface area contributed by atoms with E-state index in [-0.39, 0.29) is 17.9 Å². The Hall–Kier alpha value is -3.46. The van der Waals surface area contributed by atoms with E-state index in [2.05, 4.69) is 16.1 Å². The summed E-state index contributed by atoms with van der Waals surface area (Å²) >= 11 is 0. The number of carboxylic acid groups (broad SMARTS) is 1. The van der Waals surface area contributed by atoms with Gasteiger partial charge in [0.15, 0.2) is 5.71 Å². The lowest BCUT2D eigenvalue weighted by atomic mass is 9.87. The Balaban J connectivity index is 2.31. The molecule has 0 radical (unpaired) electrons. The first-order chi connectivity index (χ1) is 14.0. The highest BCUT2D eigenvalue weighted by Crippen LogP contribution is 2.25. The Morgan fingerprint density at radius 1 is 1.17 bits per heavy atom. The summed E-state index contributed by atoms with van der Waals surface area (Å²) in [7, 11) is 1.26. The Bertz CT molecular complexity index is 927. The van der Waals surface area contributed by atoms with Gasteiger partial charge < -0.3 is 9.94 Å². The molecule has 2 aromatic rings. The molecule has 0 aliphatic carbocycles. The molecule has 1 atom stereocenters. The van der Waals surface area contributed by atoms with Crippen LogP contribution in [0.15, 0.2) is 53.7 Å². The topological polar surface area (TPSA) is 99.8 Å². The maximum atomic E-state index is 12.7. The van der Waals surface area contributed by atoms with E-state index in [1.165, 1.54) is 7.11 Å².